The number of ether oxygens (including phenoxy) is 1. The number of carboxylic acids is 1. The molecule has 0 radical (unpaired) electrons. The molecule has 1 N–H and O–H groups in total. The zero-order valence-corrected chi connectivity index (χ0v) is 15.0. The molecule has 0 amide bonds. The topological polar surface area (TPSA) is 59.7 Å². The summed E-state index contributed by atoms with van der Waals surface area (Å²) in [6, 6.07) is 2.97. The van der Waals surface area contributed by atoms with E-state index in [2.05, 4.69) is 19.1 Å². The van der Waals surface area contributed by atoms with Crippen molar-refractivity contribution in [1.29, 1.82) is 0 Å². The molecule has 0 unspecified atom stereocenters. The van der Waals surface area contributed by atoms with Crippen LogP contribution in [0.3, 0.4) is 0 Å². The molecule has 0 aliphatic carbocycles. The highest BCUT2D eigenvalue weighted by molar-refractivity contribution is 5.84. The van der Waals surface area contributed by atoms with Gasteiger partial charge in [0, 0.05) is 6.07 Å². The molecule has 0 fully saturated rings. The van der Waals surface area contributed by atoms with Gasteiger partial charge in [-0.1, -0.05) is 57.6 Å². The van der Waals surface area contributed by atoms with Crippen molar-refractivity contribution >= 4 is 5.97 Å². The SMILES string of the molecule is CCCCCC=CCCCCCCCCOc1ccc(C(=O)O)o1. The van der Waals surface area contributed by atoms with Crippen LogP contribution in [0.15, 0.2) is 28.7 Å². The quantitative estimate of drug-likeness (QED) is 0.305. The largest absolute Gasteiger partial charge is 0.475 e. The second-order valence-electron chi connectivity index (χ2n) is 6.15. The fourth-order valence-electron chi connectivity index (χ4n) is 2.50. The third-order valence-corrected chi connectivity index (χ3v) is 3.94. The van der Waals surface area contributed by atoms with E-state index in [1.807, 2.05) is 0 Å². The third-order valence-electron chi connectivity index (χ3n) is 3.94. The minimum Gasteiger partial charge on any atom is -0.475 e. The van der Waals surface area contributed by atoms with Crippen molar-refractivity contribution in [3.05, 3.63) is 30.0 Å². The minimum atomic E-state index is -1.07. The van der Waals surface area contributed by atoms with E-state index >= 15 is 0 Å². The van der Waals surface area contributed by atoms with E-state index in [0.29, 0.717) is 6.61 Å². The Hall–Kier alpha value is -1.71. The number of hydrogen-bond donors (Lipinski definition) is 1. The van der Waals surface area contributed by atoms with Gasteiger partial charge in [-0.3, -0.25) is 0 Å². The summed E-state index contributed by atoms with van der Waals surface area (Å²) in [7, 11) is 0. The monoisotopic (exact) mass is 336 g/mol. The standard InChI is InChI=1S/C20H32O4/c1-2-3-4-5-6-7-8-9-10-11-12-13-14-17-23-19-16-15-18(24-19)20(21)22/h6-7,15-16H,2-5,8-14,17H2,1H3,(H,21,22). The molecule has 1 aromatic heterocycles. The summed E-state index contributed by atoms with van der Waals surface area (Å²) < 4.78 is 10.4. The van der Waals surface area contributed by atoms with Crippen LogP contribution < -0.4 is 4.74 Å². The molecule has 4 heteroatoms. The van der Waals surface area contributed by atoms with Gasteiger partial charge in [-0.15, -0.1) is 0 Å². The number of allylic oxidation sites excluding steroid dienone is 2. The van der Waals surface area contributed by atoms with Crippen LogP contribution in [0, 0.1) is 0 Å². The lowest BCUT2D eigenvalue weighted by Crippen LogP contribution is -1.96. The summed E-state index contributed by atoms with van der Waals surface area (Å²) in [6.45, 7) is 2.81. The van der Waals surface area contributed by atoms with Crippen LogP contribution in [0.1, 0.15) is 88.1 Å². The molecule has 0 spiro atoms. The van der Waals surface area contributed by atoms with Crippen molar-refractivity contribution in [2.24, 2.45) is 0 Å². The minimum absolute atomic E-state index is 0.0792. The Morgan fingerprint density at radius 2 is 1.62 bits per heavy atom. The molecule has 1 rings (SSSR count). The molecule has 1 heterocycles. The number of carbonyl (C=O) groups is 1. The lowest BCUT2D eigenvalue weighted by Gasteiger charge is -2.03. The number of aromatic carboxylic acids is 1. The van der Waals surface area contributed by atoms with Crippen LogP contribution in [0.25, 0.3) is 0 Å². The van der Waals surface area contributed by atoms with E-state index in [1.54, 1.807) is 6.07 Å². The smallest absolute Gasteiger partial charge is 0.371 e. The van der Waals surface area contributed by atoms with Crippen molar-refractivity contribution in [3.8, 4) is 5.95 Å². The molecule has 0 aliphatic heterocycles. The van der Waals surface area contributed by atoms with Gasteiger partial charge < -0.3 is 14.3 Å². The highest BCUT2D eigenvalue weighted by Gasteiger charge is 2.09. The Bertz CT molecular complexity index is 462. The van der Waals surface area contributed by atoms with Crippen molar-refractivity contribution in [2.45, 2.75) is 77.6 Å². The van der Waals surface area contributed by atoms with Crippen molar-refractivity contribution < 1.29 is 19.1 Å². The Morgan fingerprint density at radius 1 is 1.00 bits per heavy atom. The molecule has 0 atom stereocenters. The first-order valence-corrected chi connectivity index (χ1v) is 9.35. The lowest BCUT2D eigenvalue weighted by molar-refractivity contribution is 0.0653. The Morgan fingerprint density at radius 3 is 2.25 bits per heavy atom. The first kappa shape index (κ1) is 20.3. The van der Waals surface area contributed by atoms with Crippen LogP contribution in [0.2, 0.25) is 0 Å². The fourth-order valence-corrected chi connectivity index (χ4v) is 2.50. The van der Waals surface area contributed by atoms with E-state index in [0.717, 1.165) is 12.8 Å². The van der Waals surface area contributed by atoms with Crippen LogP contribution in [-0.2, 0) is 0 Å². The summed E-state index contributed by atoms with van der Waals surface area (Å²) in [5.74, 6) is -0.858. The molecule has 1 aromatic rings. The summed E-state index contributed by atoms with van der Waals surface area (Å²) in [5.41, 5.74) is 0. The van der Waals surface area contributed by atoms with Gasteiger partial charge in [0.2, 0.25) is 5.76 Å². The lowest BCUT2D eigenvalue weighted by atomic mass is 10.1. The van der Waals surface area contributed by atoms with Crippen molar-refractivity contribution in [2.75, 3.05) is 6.61 Å². The summed E-state index contributed by atoms with van der Waals surface area (Å²) in [5, 5.41) is 8.74. The molecule has 0 aliphatic rings. The summed E-state index contributed by atoms with van der Waals surface area (Å²) in [4.78, 5) is 10.7. The molecule has 0 aromatic carbocycles. The Balaban J connectivity index is 1.86. The molecule has 0 saturated carbocycles. The van der Waals surface area contributed by atoms with Gasteiger partial charge in [0.05, 0.1) is 6.61 Å². The molecule has 0 saturated heterocycles. The van der Waals surface area contributed by atoms with Gasteiger partial charge in [0.1, 0.15) is 0 Å². The maximum atomic E-state index is 10.7. The van der Waals surface area contributed by atoms with Crippen LogP contribution in [0.4, 0.5) is 0 Å². The first-order chi connectivity index (χ1) is 11.7. The molecule has 4 nitrogen and oxygen atoms in total. The second kappa shape index (κ2) is 13.7. The molecule has 136 valence electrons. The Kier molecular flexibility index (Phi) is 11.6. The van der Waals surface area contributed by atoms with E-state index in [1.165, 1.54) is 63.9 Å². The zero-order chi connectivity index (χ0) is 17.5. The van der Waals surface area contributed by atoms with E-state index in [4.69, 9.17) is 14.3 Å². The number of carboxylic acid groups (broad SMARTS) is 1. The summed E-state index contributed by atoms with van der Waals surface area (Å²) in [6.07, 6.45) is 18.2. The highest BCUT2D eigenvalue weighted by atomic mass is 16.6. The first-order valence-electron chi connectivity index (χ1n) is 9.35. The molecular weight excluding hydrogens is 304 g/mol. The predicted octanol–water partition coefficient (Wildman–Crippen LogP) is 6.22. The van der Waals surface area contributed by atoms with Crippen molar-refractivity contribution in [3.63, 3.8) is 0 Å². The summed E-state index contributed by atoms with van der Waals surface area (Å²) >= 11 is 0. The van der Waals surface area contributed by atoms with Crippen molar-refractivity contribution in [1.82, 2.24) is 0 Å². The number of unbranched alkanes of at least 4 members (excludes halogenated alkanes) is 9. The molecule has 24 heavy (non-hydrogen) atoms. The zero-order valence-electron chi connectivity index (χ0n) is 15.0. The van der Waals surface area contributed by atoms with E-state index in [-0.39, 0.29) is 11.7 Å². The fraction of sp³-hybridized carbons (Fsp3) is 0.650. The van der Waals surface area contributed by atoms with Gasteiger partial charge >= 0.3 is 5.97 Å². The van der Waals surface area contributed by atoms with Crippen LogP contribution in [-0.4, -0.2) is 17.7 Å². The van der Waals surface area contributed by atoms with Crippen LogP contribution in [0.5, 0.6) is 5.95 Å². The van der Waals surface area contributed by atoms with Crippen LogP contribution >= 0.6 is 0 Å². The maximum absolute atomic E-state index is 10.7. The Labute approximate surface area is 145 Å². The van der Waals surface area contributed by atoms with E-state index < -0.39 is 5.97 Å². The maximum Gasteiger partial charge on any atom is 0.371 e. The third kappa shape index (κ3) is 10.1. The normalized spacial score (nSPS) is 11.2. The van der Waals surface area contributed by atoms with Gasteiger partial charge in [0.15, 0.2) is 0 Å². The van der Waals surface area contributed by atoms with E-state index in [9.17, 15) is 4.79 Å². The average molecular weight is 336 g/mol. The van der Waals surface area contributed by atoms with Gasteiger partial charge in [-0.2, -0.15) is 0 Å². The molecular formula is C20H32O4. The number of rotatable bonds is 15. The highest BCUT2D eigenvalue weighted by Crippen LogP contribution is 2.16. The van der Waals surface area contributed by atoms with Gasteiger partial charge in [0.25, 0.3) is 5.95 Å². The van der Waals surface area contributed by atoms with Gasteiger partial charge in [-0.05, 0) is 38.2 Å². The number of furan rings is 1. The second-order valence-corrected chi connectivity index (χ2v) is 6.15. The number of hydrogen-bond acceptors (Lipinski definition) is 3. The molecule has 0 bridgehead atoms. The predicted molar refractivity (Wildman–Crippen MR) is 96.8 cm³/mol. The van der Waals surface area contributed by atoms with Gasteiger partial charge in [-0.25, -0.2) is 4.79 Å². The average Bonchev–Trinajstić information content (AvgIpc) is 3.04.